The summed E-state index contributed by atoms with van der Waals surface area (Å²) < 4.78 is 5.87. The smallest absolute Gasteiger partial charge is 0.339 e. The number of aryl methyl sites for hydroxylation is 2. The second kappa shape index (κ2) is 8.18. The summed E-state index contributed by atoms with van der Waals surface area (Å²) >= 11 is 0. The van der Waals surface area contributed by atoms with Crippen molar-refractivity contribution in [2.45, 2.75) is 26.8 Å². The molecule has 0 aliphatic rings. The van der Waals surface area contributed by atoms with Crippen molar-refractivity contribution in [2.75, 3.05) is 12.3 Å². The molecule has 0 saturated heterocycles. The maximum absolute atomic E-state index is 12.4. The minimum Gasteiger partial charge on any atom is -0.491 e. The second-order valence-corrected chi connectivity index (χ2v) is 7.00. The Morgan fingerprint density at radius 2 is 1.93 bits per heavy atom. The molecule has 0 spiro atoms. The number of nitrogens with one attached hydrogen (secondary N) is 1. The van der Waals surface area contributed by atoms with E-state index < -0.39 is 5.97 Å². The van der Waals surface area contributed by atoms with E-state index in [1.807, 2.05) is 32.0 Å². The third-order valence-corrected chi connectivity index (χ3v) is 4.55. The summed E-state index contributed by atoms with van der Waals surface area (Å²) in [5.74, 6) is -0.901. The SMILES string of the molecule is Cc1cccc(C(=O)NC(C)COc2cccc3nc(C)c(C(=O)O)c(N)c23)c1. The molecule has 1 amide bonds. The van der Waals surface area contributed by atoms with Crippen molar-refractivity contribution in [1.29, 1.82) is 0 Å². The van der Waals surface area contributed by atoms with Gasteiger partial charge < -0.3 is 20.9 Å². The maximum Gasteiger partial charge on any atom is 0.339 e. The number of aromatic carboxylic acids is 1. The van der Waals surface area contributed by atoms with Crippen LogP contribution in [0.2, 0.25) is 0 Å². The normalized spacial score (nSPS) is 11.8. The average Bonchev–Trinajstić information content (AvgIpc) is 2.65. The Bertz CT molecular complexity index is 1090. The van der Waals surface area contributed by atoms with Gasteiger partial charge >= 0.3 is 5.97 Å². The number of nitrogens with two attached hydrogens (primary N) is 1. The van der Waals surface area contributed by atoms with Crippen molar-refractivity contribution in [3.8, 4) is 5.75 Å². The summed E-state index contributed by atoms with van der Waals surface area (Å²) in [5, 5.41) is 12.8. The lowest BCUT2D eigenvalue weighted by Crippen LogP contribution is -2.36. The van der Waals surface area contributed by atoms with Crippen molar-refractivity contribution in [3.63, 3.8) is 0 Å². The molecule has 3 aromatic rings. The van der Waals surface area contributed by atoms with Gasteiger partial charge in [0, 0.05) is 5.56 Å². The molecular weight excluding hydrogens is 370 g/mol. The topological polar surface area (TPSA) is 115 Å². The van der Waals surface area contributed by atoms with Gasteiger partial charge in [-0.3, -0.25) is 9.78 Å². The lowest BCUT2D eigenvalue weighted by Gasteiger charge is -2.17. The number of rotatable bonds is 6. The number of nitrogens with zero attached hydrogens (tertiary/aromatic N) is 1. The quantitative estimate of drug-likeness (QED) is 0.592. The Morgan fingerprint density at radius 3 is 2.62 bits per heavy atom. The molecule has 150 valence electrons. The number of hydrogen-bond acceptors (Lipinski definition) is 5. The summed E-state index contributed by atoms with van der Waals surface area (Å²) in [4.78, 5) is 28.2. The van der Waals surface area contributed by atoms with Crippen LogP contribution in [0.4, 0.5) is 5.69 Å². The van der Waals surface area contributed by atoms with E-state index in [1.54, 1.807) is 31.2 Å². The molecule has 4 N–H and O–H groups in total. The van der Waals surface area contributed by atoms with Gasteiger partial charge in [0.05, 0.1) is 28.3 Å². The Kier molecular flexibility index (Phi) is 5.68. The summed E-state index contributed by atoms with van der Waals surface area (Å²) in [5.41, 5.74) is 8.70. The number of anilines is 1. The molecule has 0 saturated carbocycles. The summed E-state index contributed by atoms with van der Waals surface area (Å²) in [6.07, 6.45) is 0. The van der Waals surface area contributed by atoms with Gasteiger partial charge in [-0.05, 0) is 45.0 Å². The van der Waals surface area contributed by atoms with Crippen LogP contribution in [-0.4, -0.2) is 34.6 Å². The summed E-state index contributed by atoms with van der Waals surface area (Å²) in [6.45, 7) is 5.55. The predicted octanol–water partition coefficient (Wildman–Crippen LogP) is 3.33. The first-order valence-electron chi connectivity index (χ1n) is 9.20. The Balaban J connectivity index is 1.79. The van der Waals surface area contributed by atoms with E-state index in [-0.39, 0.29) is 29.8 Å². The van der Waals surface area contributed by atoms with Crippen LogP contribution >= 0.6 is 0 Å². The number of carboxylic acids is 1. The van der Waals surface area contributed by atoms with Crippen molar-refractivity contribution in [1.82, 2.24) is 10.3 Å². The standard InChI is InChI=1S/C22H23N3O4/c1-12-6-4-7-15(10-12)21(26)24-13(2)11-29-17-9-5-8-16-19(17)20(23)18(22(27)28)14(3)25-16/h4-10,13H,11H2,1-3H3,(H2,23,25)(H,24,26)(H,27,28). The molecule has 0 aliphatic carbocycles. The maximum atomic E-state index is 12.4. The number of pyridine rings is 1. The van der Waals surface area contributed by atoms with E-state index in [9.17, 15) is 14.7 Å². The van der Waals surface area contributed by atoms with Gasteiger partial charge in [-0.15, -0.1) is 0 Å². The Hall–Kier alpha value is -3.61. The zero-order valence-corrected chi connectivity index (χ0v) is 16.5. The van der Waals surface area contributed by atoms with Crippen LogP contribution in [0.5, 0.6) is 5.75 Å². The molecule has 0 aliphatic heterocycles. The summed E-state index contributed by atoms with van der Waals surface area (Å²) in [7, 11) is 0. The number of carboxylic acid groups (broad SMARTS) is 1. The van der Waals surface area contributed by atoms with Crippen molar-refractivity contribution < 1.29 is 19.4 Å². The van der Waals surface area contributed by atoms with Gasteiger partial charge in [-0.1, -0.05) is 23.8 Å². The number of benzene rings is 2. The molecule has 29 heavy (non-hydrogen) atoms. The Labute approximate surface area is 168 Å². The van der Waals surface area contributed by atoms with Crippen molar-refractivity contribution in [2.24, 2.45) is 0 Å². The average molecular weight is 393 g/mol. The van der Waals surface area contributed by atoms with E-state index >= 15 is 0 Å². The van der Waals surface area contributed by atoms with E-state index in [4.69, 9.17) is 10.5 Å². The highest BCUT2D eigenvalue weighted by atomic mass is 16.5. The number of nitrogen functional groups attached to an aromatic ring is 1. The first-order chi connectivity index (χ1) is 13.8. The van der Waals surface area contributed by atoms with Crippen LogP contribution in [0.15, 0.2) is 42.5 Å². The van der Waals surface area contributed by atoms with E-state index in [0.29, 0.717) is 27.9 Å². The third kappa shape index (κ3) is 4.29. The highest BCUT2D eigenvalue weighted by Gasteiger charge is 2.19. The van der Waals surface area contributed by atoms with Crippen molar-refractivity contribution >= 4 is 28.5 Å². The van der Waals surface area contributed by atoms with Gasteiger partial charge in [-0.2, -0.15) is 0 Å². The predicted molar refractivity (Wildman–Crippen MR) is 111 cm³/mol. The number of fused-ring (bicyclic) bond motifs is 1. The van der Waals surface area contributed by atoms with Gasteiger partial charge in [-0.25, -0.2) is 4.79 Å². The number of carbonyl (C=O) groups is 2. The lowest BCUT2D eigenvalue weighted by atomic mass is 10.1. The molecule has 1 atom stereocenters. The minimum absolute atomic E-state index is 0.0330. The second-order valence-electron chi connectivity index (χ2n) is 7.00. The van der Waals surface area contributed by atoms with E-state index in [0.717, 1.165) is 5.56 Å². The molecule has 0 fully saturated rings. The molecule has 7 nitrogen and oxygen atoms in total. The first kappa shape index (κ1) is 20.1. The first-order valence-corrected chi connectivity index (χ1v) is 9.20. The zero-order chi connectivity index (χ0) is 21.1. The molecule has 1 heterocycles. The number of carbonyl (C=O) groups excluding carboxylic acids is 1. The largest absolute Gasteiger partial charge is 0.491 e. The molecule has 0 radical (unpaired) electrons. The lowest BCUT2D eigenvalue weighted by molar-refractivity contribution is 0.0696. The number of ether oxygens (including phenoxy) is 1. The van der Waals surface area contributed by atoms with E-state index in [2.05, 4.69) is 10.3 Å². The van der Waals surface area contributed by atoms with Crippen molar-refractivity contribution in [3.05, 3.63) is 64.8 Å². The molecule has 1 unspecified atom stereocenters. The van der Waals surface area contributed by atoms with Crippen LogP contribution in [0.25, 0.3) is 10.9 Å². The highest BCUT2D eigenvalue weighted by Crippen LogP contribution is 2.33. The molecular formula is C22H23N3O4. The van der Waals surface area contributed by atoms with Crippen LogP contribution in [0.1, 0.15) is 38.9 Å². The number of amides is 1. The number of aromatic nitrogens is 1. The number of hydrogen-bond donors (Lipinski definition) is 3. The van der Waals surface area contributed by atoms with Crippen LogP contribution in [0, 0.1) is 13.8 Å². The van der Waals surface area contributed by atoms with Gasteiger partial charge in [0.1, 0.15) is 17.9 Å². The zero-order valence-electron chi connectivity index (χ0n) is 16.5. The van der Waals surface area contributed by atoms with Crippen LogP contribution in [-0.2, 0) is 0 Å². The Morgan fingerprint density at radius 1 is 1.21 bits per heavy atom. The van der Waals surface area contributed by atoms with Gasteiger partial charge in [0.2, 0.25) is 0 Å². The van der Waals surface area contributed by atoms with Gasteiger partial charge in [0.15, 0.2) is 0 Å². The van der Waals surface area contributed by atoms with E-state index in [1.165, 1.54) is 0 Å². The highest BCUT2D eigenvalue weighted by molar-refractivity contribution is 6.06. The van der Waals surface area contributed by atoms with Crippen LogP contribution in [0.3, 0.4) is 0 Å². The minimum atomic E-state index is -1.14. The van der Waals surface area contributed by atoms with Crippen LogP contribution < -0.4 is 15.8 Å². The molecule has 0 bridgehead atoms. The molecule has 1 aromatic heterocycles. The molecule has 2 aromatic carbocycles. The fraction of sp³-hybridized carbons (Fsp3) is 0.227. The van der Waals surface area contributed by atoms with Gasteiger partial charge in [0.25, 0.3) is 5.91 Å². The third-order valence-electron chi connectivity index (χ3n) is 4.55. The summed E-state index contributed by atoms with van der Waals surface area (Å²) in [6, 6.07) is 12.3. The molecule has 7 heteroatoms. The molecule has 3 rings (SSSR count). The monoisotopic (exact) mass is 393 g/mol. The fourth-order valence-electron chi connectivity index (χ4n) is 3.18. The fourth-order valence-corrected chi connectivity index (χ4v) is 3.18.